The van der Waals surface area contributed by atoms with E-state index in [1.54, 1.807) is 0 Å². The second-order valence-electron chi connectivity index (χ2n) is 0.986. The first-order chi connectivity index (χ1) is 2.56. The molecule has 0 aliphatic heterocycles. The zero-order valence-electron chi connectivity index (χ0n) is 3.71. The van der Waals surface area contributed by atoms with Gasteiger partial charge in [-0.1, -0.05) is 22.3 Å². The van der Waals surface area contributed by atoms with Gasteiger partial charge in [0.15, 0.2) is 0 Å². The maximum absolute atomic E-state index is 9.92. The fourth-order valence-corrected chi connectivity index (χ4v) is 0. The minimum absolute atomic E-state index is 0. The van der Waals surface area contributed by atoms with E-state index in [-0.39, 0.29) is 22.3 Å². The second kappa shape index (κ2) is 8.15. The molecular weight excluding hydrogens is 139 g/mol. The lowest BCUT2D eigenvalue weighted by Gasteiger charge is -1.96. The maximum atomic E-state index is 9.92. The smallest absolute Gasteiger partial charge is 0.324 e. The average molecular weight is 158 g/mol. The van der Waals surface area contributed by atoms with Gasteiger partial charge < -0.3 is 9.42 Å². The number of hydrogen-bond donors (Lipinski definition) is 1. The van der Waals surface area contributed by atoms with Crippen molar-refractivity contribution in [2.45, 2.75) is 22.3 Å². The molecule has 0 aliphatic rings. The van der Waals surface area contributed by atoms with Crippen LogP contribution in [0.15, 0.2) is 0 Å². The van der Waals surface area contributed by atoms with E-state index in [1.165, 1.54) is 7.11 Å². The van der Waals surface area contributed by atoms with Gasteiger partial charge in [0.25, 0.3) is 0 Å². The zero-order chi connectivity index (χ0) is 5.21. The van der Waals surface area contributed by atoms with E-state index in [0.717, 1.165) is 6.66 Å². The van der Waals surface area contributed by atoms with Crippen LogP contribution < -0.4 is 0 Å². The quantitative estimate of drug-likeness (QED) is 0.596. The van der Waals surface area contributed by atoms with Crippen LogP contribution in [0, 0.1) is 0 Å². The van der Waals surface area contributed by atoms with Crippen molar-refractivity contribution in [1.29, 1.82) is 0 Å². The Hall–Kier alpha value is 0.150. The molecule has 0 amide bonds. The molecule has 4 heteroatoms. The molecular formula is C5H19O3P. The molecule has 0 rings (SSSR count). The van der Waals surface area contributed by atoms with Gasteiger partial charge in [-0.05, 0) is 0 Å². The zero-order valence-corrected chi connectivity index (χ0v) is 4.61. The van der Waals surface area contributed by atoms with Crippen molar-refractivity contribution in [2.75, 3.05) is 13.8 Å². The highest BCUT2D eigenvalue weighted by Crippen LogP contribution is 2.34. The van der Waals surface area contributed by atoms with Gasteiger partial charge >= 0.3 is 7.60 Å². The van der Waals surface area contributed by atoms with Crippen LogP contribution in [0.2, 0.25) is 0 Å². The summed E-state index contributed by atoms with van der Waals surface area (Å²) >= 11 is 0. The highest BCUT2D eigenvalue weighted by Gasteiger charge is 2.02. The molecule has 1 unspecified atom stereocenters. The van der Waals surface area contributed by atoms with Crippen molar-refractivity contribution in [3.05, 3.63) is 0 Å². The topological polar surface area (TPSA) is 46.5 Å². The van der Waals surface area contributed by atoms with Crippen LogP contribution in [0.25, 0.3) is 0 Å². The molecule has 0 aromatic rings. The molecule has 0 saturated carbocycles. The summed E-state index contributed by atoms with van der Waals surface area (Å²) in [5.41, 5.74) is 0. The van der Waals surface area contributed by atoms with Crippen LogP contribution in [0.3, 0.4) is 0 Å². The Morgan fingerprint density at radius 2 is 1.44 bits per heavy atom. The highest BCUT2D eigenvalue weighted by molar-refractivity contribution is 7.51. The predicted molar refractivity (Wildman–Crippen MR) is 43.0 cm³/mol. The lowest BCUT2D eigenvalue weighted by Crippen LogP contribution is -1.75. The van der Waals surface area contributed by atoms with Gasteiger partial charge in [0.05, 0.1) is 0 Å². The van der Waals surface area contributed by atoms with Crippen molar-refractivity contribution in [2.24, 2.45) is 0 Å². The third-order valence-electron chi connectivity index (χ3n) is 0.339. The molecule has 0 aliphatic carbocycles. The first-order valence-corrected chi connectivity index (χ1v) is 3.45. The summed E-state index contributed by atoms with van der Waals surface area (Å²) in [5.74, 6) is 0. The molecule has 0 radical (unpaired) electrons. The van der Waals surface area contributed by atoms with Crippen LogP contribution in [0.1, 0.15) is 22.3 Å². The van der Waals surface area contributed by atoms with Gasteiger partial charge in [-0.25, -0.2) is 0 Å². The average Bonchev–Trinajstić information content (AvgIpc) is 1.35. The van der Waals surface area contributed by atoms with Crippen LogP contribution in [-0.2, 0) is 9.09 Å². The lowest BCUT2D eigenvalue weighted by atomic mass is 11.8. The third kappa shape index (κ3) is 31.1. The van der Waals surface area contributed by atoms with Crippen LogP contribution >= 0.6 is 7.60 Å². The van der Waals surface area contributed by atoms with Gasteiger partial charge in [0.1, 0.15) is 0 Å². The molecule has 0 fully saturated rings. The summed E-state index contributed by atoms with van der Waals surface area (Å²) < 4.78 is 14.0. The Morgan fingerprint density at radius 1 is 1.33 bits per heavy atom. The summed E-state index contributed by atoms with van der Waals surface area (Å²) in [7, 11) is -1.95. The van der Waals surface area contributed by atoms with Crippen LogP contribution in [-0.4, -0.2) is 18.7 Å². The van der Waals surface area contributed by atoms with Crippen LogP contribution in [0.4, 0.5) is 0 Å². The van der Waals surface area contributed by atoms with Gasteiger partial charge in [-0.2, -0.15) is 0 Å². The maximum Gasteiger partial charge on any atom is 0.324 e. The molecule has 0 aromatic heterocycles. The first-order valence-electron chi connectivity index (χ1n) is 1.42. The van der Waals surface area contributed by atoms with Crippen molar-refractivity contribution >= 4 is 7.60 Å². The van der Waals surface area contributed by atoms with E-state index in [0.29, 0.717) is 0 Å². The van der Waals surface area contributed by atoms with Gasteiger partial charge in [-0.3, -0.25) is 4.57 Å². The SMILES string of the molecule is C.C.C.COP(C)(=O)O. The van der Waals surface area contributed by atoms with Crippen molar-refractivity contribution in [3.8, 4) is 0 Å². The molecule has 0 saturated heterocycles. The second-order valence-corrected chi connectivity index (χ2v) is 2.96. The lowest BCUT2D eigenvalue weighted by molar-refractivity contribution is 0.322. The standard InChI is InChI=1S/C2H7O3P.3CH4/c1-5-6(2,3)4;;;/h1-2H3,(H,3,4);3*1H4. The molecule has 3 nitrogen and oxygen atoms in total. The van der Waals surface area contributed by atoms with Crippen molar-refractivity contribution in [3.63, 3.8) is 0 Å². The molecule has 0 bridgehead atoms. The Morgan fingerprint density at radius 3 is 1.44 bits per heavy atom. The number of rotatable bonds is 1. The van der Waals surface area contributed by atoms with Crippen molar-refractivity contribution in [1.82, 2.24) is 0 Å². The summed E-state index contributed by atoms with van der Waals surface area (Å²) in [4.78, 5) is 8.16. The van der Waals surface area contributed by atoms with E-state index in [9.17, 15) is 4.57 Å². The molecule has 9 heavy (non-hydrogen) atoms. The Balaban J connectivity index is -0.0000000417. The minimum atomic E-state index is -3.15. The monoisotopic (exact) mass is 158 g/mol. The largest absolute Gasteiger partial charge is 0.324 e. The first kappa shape index (κ1) is 22.9. The Bertz CT molecular complexity index is 76.3. The van der Waals surface area contributed by atoms with E-state index in [4.69, 9.17) is 4.89 Å². The molecule has 1 N–H and O–H groups in total. The van der Waals surface area contributed by atoms with E-state index >= 15 is 0 Å². The summed E-state index contributed by atoms with van der Waals surface area (Å²) in [5, 5.41) is 0. The molecule has 0 aromatic carbocycles. The van der Waals surface area contributed by atoms with Crippen molar-refractivity contribution < 1.29 is 14.0 Å². The summed E-state index contributed by atoms with van der Waals surface area (Å²) in [6.07, 6.45) is 0. The van der Waals surface area contributed by atoms with E-state index in [2.05, 4.69) is 4.52 Å². The fourth-order valence-electron chi connectivity index (χ4n) is 0. The summed E-state index contributed by atoms with van der Waals surface area (Å²) in [6.45, 7) is 1.13. The predicted octanol–water partition coefficient (Wildman–Crippen LogP) is 2.36. The van der Waals surface area contributed by atoms with Gasteiger partial charge in [0, 0.05) is 13.8 Å². The normalized spacial score (nSPS) is 13.2. The van der Waals surface area contributed by atoms with Gasteiger partial charge in [0.2, 0.25) is 0 Å². The molecule has 62 valence electrons. The minimum Gasteiger partial charge on any atom is -0.324 e. The van der Waals surface area contributed by atoms with E-state index < -0.39 is 7.60 Å². The van der Waals surface area contributed by atoms with Gasteiger partial charge in [-0.15, -0.1) is 0 Å². The Kier molecular flexibility index (Phi) is 20.8. The summed E-state index contributed by atoms with van der Waals surface area (Å²) in [6, 6.07) is 0. The fraction of sp³-hybridized carbons (Fsp3) is 1.00. The molecule has 0 heterocycles. The Labute approximate surface area is 58.6 Å². The van der Waals surface area contributed by atoms with Crippen LogP contribution in [0.5, 0.6) is 0 Å². The van der Waals surface area contributed by atoms with E-state index in [1.807, 2.05) is 0 Å². The third-order valence-corrected chi connectivity index (χ3v) is 1.02. The highest BCUT2D eigenvalue weighted by atomic mass is 31.2. The molecule has 1 atom stereocenters. The molecule has 0 spiro atoms. The number of hydrogen-bond acceptors (Lipinski definition) is 2.